The van der Waals surface area contributed by atoms with Crippen molar-refractivity contribution in [1.82, 2.24) is 10.2 Å². The van der Waals surface area contributed by atoms with Crippen molar-refractivity contribution in [3.63, 3.8) is 0 Å². The molecule has 2 amide bonds. The molecule has 21 heavy (non-hydrogen) atoms. The molecule has 4 unspecified atom stereocenters. The summed E-state index contributed by atoms with van der Waals surface area (Å²) in [5.41, 5.74) is 0. The SMILES string of the molecule is CC(O)C1CCCN(C(=O)NC2CCCC(C3CC3)C2)C1. The number of hydrogen-bond donors (Lipinski definition) is 2. The first kappa shape index (κ1) is 15.1. The molecule has 4 nitrogen and oxygen atoms in total. The van der Waals surface area contributed by atoms with E-state index in [9.17, 15) is 9.90 Å². The summed E-state index contributed by atoms with van der Waals surface area (Å²) in [7, 11) is 0. The van der Waals surface area contributed by atoms with Gasteiger partial charge in [-0.1, -0.05) is 12.8 Å². The minimum absolute atomic E-state index is 0.0989. The monoisotopic (exact) mass is 294 g/mol. The standard InChI is InChI=1S/C17H30N2O2/c1-12(20)15-5-3-9-19(11-15)17(21)18-16-6-2-4-14(10-16)13-7-8-13/h12-16,20H,2-11H2,1H3,(H,18,21). The third kappa shape index (κ3) is 3.91. The van der Waals surface area contributed by atoms with Crippen molar-refractivity contribution in [2.24, 2.45) is 17.8 Å². The van der Waals surface area contributed by atoms with Gasteiger partial charge in [-0.25, -0.2) is 4.79 Å². The van der Waals surface area contributed by atoms with E-state index in [-0.39, 0.29) is 18.1 Å². The average molecular weight is 294 g/mol. The van der Waals surface area contributed by atoms with Crippen LogP contribution in [0.1, 0.15) is 58.3 Å². The highest BCUT2D eigenvalue weighted by Gasteiger charge is 2.35. The van der Waals surface area contributed by atoms with Crippen molar-refractivity contribution in [2.45, 2.75) is 70.4 Å². The summed E-state index contributed by atoms with van der Waals surface area (Å²) in [6, 6.07) is 0.477. The molecule has 2 N–H and O–H groups in total. The van der Waals surface area contributed by atoms with Gasteiger partial charge in [0.25, 0.3) is 0 Å². The summed E-state index contributed by atoms with van der Waals surface area (Å²) >= 11 is 0. The summed E-state index contributed by atoms with van der Waals surface area (Å²) in [6.07, 6.45) is 9.52. The second-order valence-corrected chi connectivity index (χ2v) is 7.50. The molecule has 0 aromatic heterocycles. The molecule has 1 aliphatic heterocycles. The Kier molecular flexibility index (Phi) is 4.72. The van der Waals surface area contributed by atoms with Gasteiger partial charge in [0, 0.05) is 25.0 Å². The van der Waals surface area contributed by atoms with Gasteiger partial charge in [-0.3, -0.25) is 0 Å². The predicted molar refractivity (Wildman–Crippen MR) is 83.0 cm³/mol. The van der Waals surface area contributed by atoms with Gasteiger partial charge in [-0.05, 0) is 57.3 Å². The van der Waals surface area contributed by atoms with E-state index in [4.69, 9.17) is 0 Å². The number of carbonyl (C=O) groups excluding carboxylic acids is 1. The van der Waals surface area contributed by atoms with E-state index in [2.05, 4.69) is 5.32 Å². The van der Waals surface area contributed by atoms with Crippen LogP contribution in [0, 0.1) is 17.8 Å². The van der Waals surface area contributed by atoms with Crippen LogP contribution in [0.4, 0.5) is 4.79 Å². The van der Waals surface area contributed by atoms with Crippen LogP contribution >= 0.6 is 0 Å². The maximum atomic E-state index is 12.5. The van der Waals surface area contributed by atoms with Crippen LogP contribution in [-0.4, -0.2) is 41.3 Å². The fraction of sp³-hybridized carbons (Fsp3) is 0.941. The van der Waals surface area contributed by atoms with Gasteiger partial charge in [0.2, 0.25) is 0 Å². The molecule has 1 saturated heterocycles. The van der Waals surface area contributed by atoms with Crippen LogP contribution in [0.2, 0.25) is 0 Å². The Morgan fingerprint density at radius 3 is 2.67 bits per heavy atom. The van der Waals surface area contributed by atoms with Gasteiger partial charge in [-0.2, -0.15) is 0 Å². The molecule has 0 radical (unpaired) electrons. The highest BCUT2D eigenvalue weighted by molar-refractivity contribution is 5.74. The Bertz CT molecular complexity index is 368. The Morgan fingerprint density at radius 2 is 1.95 bits per heavy atom. The van der Waals surface area contributed by atoms with Crippen molar-refractivity contribution in [2.75, 3.05) is 13.1 Å². The number of amides is 2. The molecule has 4 atom stereocenters. The number of urea groups is 1. The zero-order valence-electron chi connectivity index (χ0n) is 13.3. The maximum Gasteiger partial charge on any atom is 0.317 e. The lowest BCUT2D eigenvalue weighted by molar-refractivity contribution is 0.0726. The van der Waals surface area contributed by atoms with E-state index < -0.39 is 0 Å². The predicted octanol–water partition coefficient (Wildman–Crippen LogP) is 2.76. The lowest BCUT2D eigenvalue weighted by Crippen LogP contribution is -2.50. The number of likely N-dealkylation sites (tertiary alicyclic amines) is 1. The van der Waals surface area contributed by atoms with Gasteiger partial charge < -0.3 is 15.3 Å². The average Bonchev–Trinajstić information content (AvgIpc) is 3.32. The second kappa shape index (κ2) is 6.55. The molecule has 4 heteroatoms. The van der Waals surface area contributed by atoms with Crippen LogP contribution in [0.3, 0.4) is 0 Å². The number of aliphatic hydroxyl groups excluding tert-OH is 1. The Labute approximate surface area is 128 Å². The number of aliphatic hydroxyl groups is 1. The van der Waals surface area contributed by atoms with Crippen molar-refractivity contribution < 1.29 is 9.90 Å². The van der Waals surface area contributed by atoms with Crippen LogP contribution in [0.25, 0.3) is 0 Å². The van der Waals surface area contributed by atoms with E-state index in [1.54, 1.807) is 0 Å². The quantitative estimate of drug-likeness (QED) is 0.841. The summed E-state index contributed by atoms with van der Waals surface area (Å²) in [6.45, 7) is 3.39. The molecule has 0 aromatic rings. The minimum atomic E-state index is -0.311. The Hall–Kier alpha value is -0.770. The zero-order valence-corrected chi connectivity index (χ0v) is 13.3. The molecule has 2 aliphatic carbocycles. The zero-order chi connectivity index (χ0) is 14.8. The number of carbonyl (C=O) groups is 1. The molecule has 1 heterocycles. The molecule has 3 aliphatic rings. The lowest BCUT2D eigenvalue weighted by atomic mass is 9.83. The van der Waals surface area contributed by atoms with Crippen molar-refractivity contribution in [1.29, 1.82) is 0 Å². The topological polar surface area (TPSA) is 52.6 Å². The summed E-state index contributed by atoms with van der Waals surface area (Å²) in [5, 5.41) is 13.0. The fourth-order valence-electron chi connectivity index (χ4n) is 4.21. The highest BCUT2D eigenvalue weighted by Crippen LogP contribution is 2.43. The van der Waals surface area contributed by atoms with Crippen LogP contribution in [0.15, 0.2) is 0 Å². The van der Waals surface area contributed by atoms with E-state index in [1.807, 2.05) is 11.8 Å². The first-order valence-electron chi connectivity index (χ1n) is 8.87. The number of piperidine rings is 1. The molecular weight excluding hydrogens is 264 g/mol. The summed E-state index contributed by atoms with van der Waals surface area (Å²) in [4.78, 5) is 14.4. The Morgan fingerprint density at radius 1 is 1.14 bits per heavy atom. The highest BCUT2D eigenvalue weighted by atomic mass is 16.3. The third-order valence-corrected chi connectivity index (χ3v) is 5.76. The molecular formula is C17H30N2O2. The number of rotatable bonds is 3. The molecule has 0 aromatic carbocycles. The van der Waals surface area contributed by atoms with Crippen molar-refractivity contribution in [3.05, 3.63) is 0 Å². The summed E-state index contributed by atoms with van der Waals surface area (Å²) < 4.78 is 0. The summed E-state index contributed by atoms with van der Waals surface area (Å²) in [5.74, 6) is 2.06. The number of hydrogen-bond acceptors (Lipinski definition) is 2. The Balaban J connectivity index is 1.48. The van der Waals surface area contributed by atoms with Gasteiger partial charge in [-0.15, -0.1) is 0 Å². The fourth-order valence-corrected chi connectivity index (χ4v) is 4.21. The lowest BCUT2D eigenvalue weighted by Gasteiger charge is -2.36. The van der Waals surface area contributed by atoms with Gasteiger partial charge in [0.05, 0.1) is 6.10 Å². The van der Waals surface area contributed by atoms with Gasteiger partial charge >= 0.3 is 6.03 Å². The molecule has 3 rings (SSSR count). The van der Waals surface area contributed by atoms with E-state index in [1.165, 1.54) is 32.1 Å². The number of nitrogens with one attached hydrogen (secondary N) is 1. The van der Waals surface area contributed by atoms with Crippen LogP contribution in [0.5, 0.6) is 0 Å². The normalized spacial score (nSPS) is 35.3. The largest absolute Gasteiger partial charge is 0.393 e. The minimum Gasteiger partial charge on any atom is -0.393 e. The third-order valence-electron chi connectivity index (χ3n) is 5.76. The molecule has 0 bridgehead atoms. The van der Waals surface area contributed by atoms with E-state index in [0.717, 1.165) is 37.6 Å². The van der Waals surface area contributed by atoms with Crippen molar-refractivity contribution in [3.8, 4) is 0 Å². The molecule has 120 valence electrons. The van der Waals surface area contributed by atoms with Gasteiger partial charge in [0.15, 0.2) is 0 Å². The first-order valence-corrected chi connectivity index (χ1v) is 8.87. The smallest absolute Gasteiger partial charge is 0.317 e. The number of nitrogens with zero attached hydrogens (tertiary/aromatic N) is 1. The first-order chi connectivity index (χ1) is 10.1. The van der Waals surface area contributed by atoms with Gasteiger partial charge in [0.1, 0.15) is 0 Å². The maximum absolute atomic E-state index is 12.5. The van der Waals surface area contributed by atoms with Crippen LogP contribution in [-0.2, 0) is 0 Å². The molecule has 2 saturated carbocycles. The van der Waals surface area contributed by atoms with Crippen LogP contribution < -0.4 is 5.32 Å². The van der Waals surface area contributed by atoms with E-state index >= 15 is 0 Å². The second-order valence-electron chi connectivity index (χ2n) is 7.50. The molecule has 0 spiro atoms. The van der Waals surface area contributed by atoms with Crippen molar-refractivity contribution >= 4 is 6.03 Å². The molecule has 3 fully saturated rings. The van der Waals surface area contributed by atoms with E-state index in [0.29, 0.717) is 12.6 Å².